The van der Waals surface area contributed by atoms with E-state index in [2.05, 4.69) is 4.74 Å². The summed E-state index contributed by atoms with van der Waals surface area (Å²) in [5.74, 6) is -0.0741. The molecule has 0 heterocycles. The molecule has 0 saturated heterocycles. The maximum Gasteiger partial charge on any atom is 0.573 e. The summed E-state index contributed by atoms with van der Waals surface area (Å²) >= 11 is 0. The number of hydrogen-bond acceptors (Lipinski definition) is 1. The fourth-order valence-electron chi connectivity index (χ4n) is 0.964. The molecule has 0 spiro atoms. The Hall–Kier alpha value is -1.19. The molecule has 0 aromatic rings. The minimum Gasteiger partial charge on any atom is -0.405 e. The van der Waals surface area contributed by atoms with Crippen LogP contribution < -0.4 is 4.74 Å². The Morgan fingerprint density at radius 3 is 2.18 bits per heavy atom. The van der Waals surface area contributed by atoms with Crippen molar-refractivity contribution in [2.45, 2.75) is 6.36 Å². The van der Waals surface area contributed by atoms with E-state index in [4.69, 9.17) is 0 Å². The summed E-state index contributed by atoms with van der Waals surface area (Å²) in [7, 11) is 0. The van der Waals surface area contributed by atoms with Crippen LogP contribution in [0.15, 0.2) is 18.2 Å². The van der Waals surface area contributed by atoms with Gasteiger partial charge in [0.25, 0.3) is 0 Å². The van der Waals surface area contributed by atoms with Gasteiger partial charge < -0.3 is 4.74 Å². The summed E-state index contributed by atoms with van der Waals surface area (Å²) in [5, 5.41) is 1.41. The highest BCUT2D eigenvalue weighted by molar-refractivity contribution is 5.38. The highest BCUT2D eigenvalue weighted by Crippen LogP contribution is 2.29. The Bertz CT molecular complexity index is 380. The first-order valence-electron chi connectivity index (χ1n) is 2.96. The van der Waals surface area contributed by atoms with Gasteiger partial charge >= 0.3 is 6.36 Å². The Morgan fingerprint density at radius 1 is 1.18 bits per heavy atom. The van der Waals surface area contributed by atoms with Crippen molar-refractivity contribution in [3.63, 3.8) is 0 Å². The van der Waals surface area contributed by atoms with Gasteiger partial charge in [-0.1, -0.05) is 12.1 Å². The van der Waals surface area contributed by atoms with E-state index in [1.54, 1.807) is 12.1 Å². The van der Waals surface area contributed by atoms with Gasteiger partial charge in [0.1, 0.15) is 5.75 Å². The second-order valence-corrected chi connectivity index (χ2v) is 2.26. The highest BCUT2D eigenvalue weighted by Gasteiger charge is 2.32. The second kappa shape index (κ2) is 1.69. The van der Waals surface area contributed by atoms with E-state index in [-0.39, 0.29) is 5.75 Å². The van der Waals surface area contributed by atoms with Crippen molar-refractivity contribution in [2.75, 3.05) is 0 Å². The van der Waals surface area contributed by atoms with Gasteiger partial charge in [-0.3, -0.25) is 0 Å². The van der Waals surface area contributed by atoms with Crippen LogP contribution in [0.25, 0.3) is 0 Å². The minimum absolute atomic E-state index is 0.0741. The van der Waals surface area contributed by atoms with Crippen molar-refractivity contribution in [3.05, 3.63) is 28.6 Å². The van der Waals surface area contributed by atoms with Crippen LogP contribution in [-0.4, -0.2) is 6.36 Å². The van der Waals surface area contributed by atoms with E-state index in [1.807, 2.05) is 0 Å². The van der Waals surface area contributed by atoms with Crippen LogP contribution >= 0.6 is 0 Å². The normalized spacial score (nSPS) is 13.0. The van der Waals surface area contributed by atoms with Crippen LogP contribution in [0.3, 0.4) is 0 Å². The van der Waals surface area contributed by atoms with Crippen LogP contribution in [0.4, 0.5) is 13.2 Å². The van der Waals surface area contributed by atoms with Gasteiger partial charge in [0.05, 0.1) is 0 Å². The van der Waals surface area contributed by atoms with E-state index < -0.39 is 6.36 Å². The molecule has 0 aromatic carbocycles. The van der Waals surface area contributed by atoms with E-state index in [9.17, 15) is 13.2 Å². The van der Waals surface area contributed by atoms with Crippen molar-refractivity contribution >= 4 is 0 Å². The Balaban J connectivity index is 2.19. The highest BCUT2D eigenvalue weighted by atomic mass is 19.4. The molecular formula is C7H3F3O. The van der Waals surface area contributed by atoms with E-state index >= 15 is 0 Å². The minimum atomic E-state index is -4.56. The van der Waals surface area contributed by atoms with E-state index in [0.717, 1.165) is 5.22 Å². The van der Waals surface area contributed by atoms with Crippen LogP contribution in [0, 0.1) is 10.4 Å². The first-order valence-corrected chi connectivity index (χ1v) is 2.96. The topological polar surface area (TPSA) is 9.23 Å². The van der Waals surface area contributed by atoms with Gasteiger partial charge in [-0.05, 0) is 11.3 Å². The first-order chi connectivity index (χ1) is 5.06. The molecular weight excluding hydrogens is 157 g/mol. The zero-order valence-electron chi connectivity index (χ0n) is 5.27. The standard InChI is InChI=1S/C7H3F3O/c8-7(9,10)11-6-3-4-1-2-5(4)6/h1-3H. The molecule has 2 aliphatic rings. The van der Waals surface area contributed by atoms with E-state index in [1.165, 1.54) is 6.07 Å². The molecule has 0 bridgehead atoms. The lowest BCUT2D eigenvalue weighted by molar-refractivity contribution is -0.275. The predicted octanol–water partition coefficient (Wildman–Crippen LogP) is 2.19. The third-order valence-electron chi connectivity index (χ3n) is 1.52. The summed E-state index contributed by atoms with van der Waals surface area (Å²) in [6.45, 7) is 0. The molecule has 0 unspecified atom stereocenters. The van der Waals surface area contributed by atoms with Gasteiger partial charge in [-0.25, -0.2) is 0 Å². The Labute approximate surface area is 59.7 Å². The van der Waals surface area contributed by atoms with Crippen LogP contribution in [0.2, 0.25) is 0 Å². The van der Waals surface area contributed by atoms with Gasteiger partial charge in [0.15, 0.2) is 0 Å². The molecule has 0 radical (unpaired) electrons. The van der Waals surface area contributed by atoms with Crippen molar-refractivity contribution in [1.29, 1.82) is 0 Å². The number of rotatable bonds is 1. The number of halogens is 3. The summed E-state index contributed by atoms with van der Waals surface area (Å²) in [4.78, 5) is 0. The molecule has 58 valence electrons. The maximum absolute atomic E-state index is 11.5. The fraction of sp³-hybridized carbons (Fsp3) is 0.143. The Kier molecular flexibility index (Phi) is 1.00. The first kappa shape index (κ1) is 6.52. The summed E-state index contributed by atoms with van der Waals surface area (Å²) in [5.41, 5.74) is 0. The lowest BCUT2D eigenvalue weighted by Gasteiger charge is -2.14. The molecule has 0 saturated carbocycles. The lowest BCUT2D eigenvalue weighted by atomic mass is 10.1. The maximum atomic E-state index is 11.5. The predicted molar refractivity (Wildman–Crippen MR) is 30.8 cm³/mol. The molecule has 4 heteroatoms. The molecule has 11 heavy (non-hydrogen) atoms. The van der Waals surface area contributed by atoms with Crippen molar-refractivity contribution in [3.8, 4) is 5.75 Å². The molecule has 0 atom stereocenters. The number of ether oxygens (including phenoxy) is 1. The van der Waals surface area contributed by atoms with Gasteiger partial charge in [0.2, 0.25) is 0 Å². The van der Waals surface area contributed by atoms with Gasteiger partial charge in [-0.15, -0.1) is 13.2 Å². The second-order valence-electron chi connectivity index (χ2n) is 2.26. The molecule has 0 N–H and O–H groups in total. The molecule has 1 nitrogen and oxygen atoms in total. The number of benzene rings is 1. The average Bonchev–Trinajstić information content (AvgIpc) is 1.77. The van der Waals surface area contributed by atoms with E-state index in [0.29, 0.717) is 5.22 Å². The Morgan fingerprint density at radius 2 is 1.91 bits per heavy atom. The zero-order chi connectivity index (χ0) is 8.06. The molecule has 0 fully saturated rings. The van der Waals surface area contributed by atoms with Gasteiger partial charge in [-0.2, -0.15) is 0 Å². The average molecular weight is 160 g/mol. The smallest absolute Gasteiger partial charge is 0.405 e. The quantitative estimate of drug-likeness (QED) is 0.621. The largest absolute Gasteiger partial charge is 0.573 e. The molecule has 2 aliphatic carbocycles. The van der Waals surface area contributed by atoms with Crippen LogP contribution in [0.5, 0.6) is 5.75 Å². The summed E-state index contributed by atoms with van der Waals surface area (Å²) < 4.78 is 38.3. The molecule has 0 aliphatic heterocycles. The van der Waals surface area contributed by atoms with Gasteiger partial charge in [0, 0.05) is 5.22 Å². The SMILES string of the molecule is FC(F)(F)Oc1cc2ccc1=2. The fourth-order valence-corrected chi connectivity index (χ4v) is 0.964. The number of alkyl halides is 3. The van der Waals surface area contributed by atoms with Crippen molar-refractivity contribution in [1.82, 2.24) is 0 Å². The van der Waals surface area contributed by atoms with Crippen LogP contribution in [0.1, 0.15) is 0 Å². The monoisotopic (exact) mass is 160 g/mol. The van der Waals surface area contributed by atoms with Crippen molar-refractivity contribution < 1.29 is 17.9 Å². The molecule has 0 aromatic heterocycles. The lowest BCUT2D eigenvalue weighted by Crippen LogP contribution is -2.18. The summed E-state index contributed by atoms with van der Waals surface area (Å²) in [6.07, 6.45) is -4.56. The third-order valence-corrected chi connectivity index (χ3v) is 1.52. The number of hydrogen-bond donors (Lipinski definition) is 0. The third kappa shape index (κ3) is 0.943. The molecule has 0 amide bonds. The van der Waals surface area contributed by atoms with Crippen molar-refractivity contribution in [2.24, 2.45) is 0 Å². The summed E-state index contributed by atoms with van der Waals surface area (Å²) in [6, 6.07) is 4.69. The molecule has 2 rings (SSSR count). The van der Waals surface area contributed by atoms with Crippen LogP contribution in [-0.2, 0) is 0 Å². The zero-order valence-corrected chi connectivity index (χ0v) is 5.27.